The Morgan fingerprint density at radius 3 is 3.25 bits per heavy atom. The third-order valence-electron chi connectivity index (χ3n) is 2.21. The lowest BCUT2D eigenvalue weighted by Crippen LogP contribution is -2.32. The van der Waals surface area contributed by atoms with Gasteiger partial charge in [-0.1, -0.05) is 0 Å². The van der Waals surface area contributed by atoms with E-state index in [0.717, 1.165) is 19.6 Å². The molecule has 2 rings (SSSR count). The highest BCUT2D eigenvalue weighted by molar-refractivity contribution is 4.67. The van der Waals surface area contributed by atoms with Crippen LogP contribution in [0, 0.1) is 5.92 Å². The van der Waals surface area contributed by atoms with E-state index < -0.39 is 0 Å². The molecular formula is C7H13N5. The summed E-state index contributed by atoms with van der Waals surface area (Å²) in [6.07, 6.45) is 4.02. The smallest absolute Gasteiger partial charge is 0.162 e. The van der Waals surface area contributed by atoms with Crippen LogP contribution in [0.2, 0.25) is 0 Å². The fourth-order valence-electron chi connectivity index (χ4n) is 1.58. The monoisotopic (exact) mass is 167 g/mol. The van der Waals surface area contributed by atoms with Gasteiger partial charge in [-0.2, -0.15) is 4.80 Å². The van der Waals surface area contributed by atoms with Crippen LogP contribution >= 0.6 is 0 Å². The van der Waals surface area contributed by atoms with Gasteiger partial charge in [-0.3, -0.25) is 0 Å². The summed E-state index contributed by atoms with van der Waals surface area (Å²) in [4.78, 5) is 1.66. The van der Waals surface area contributed by atoms with Gasteiger partial charge in [0.25, 0.3) is 0 Å². The SMILES string of the molecule is c1nnn(C[C@H]2CCCNC2)n1. The molecule has 1 atom stereocenters. The normalized spacial score (nSPS) is 24.2. The Labute approximate surface area is 71.1 Å². The molecule has 1 aliphatic heterocycles. The first kappa shape index (κ1) is 7.67. The van der Waals surface area contributed by atoms with Crippen molar-refractivity contribution < 1.29 is 0 Å². The van der Waals surface area contributed by atoms with E-state index in [-0.39, 0.29) is 0 Å². The van der Waals surface area contributed by atoms with Crippen LogP contribution in [-0.4, -0.2) is 33.3 Å². The molecule has 66 valence electrons. The molecule has 0 unspecified atom stereocenters. The van der Waals surface area contributed by atoms with Crippen molar-refractivity contribution >= 4 is 0 Å². The van der Waals surface area contributed by atoms with Crippen molar-refractivity contribution in [3.8, 4) is 0 Å². The molecule has 0 aliphatic carbocycles. The van der Waals surface area contributed by atoms with E-state index in [4.69, 9.17) is 0 Å². The number of tetrazole rings is 1. The van der Waals surface area contributed by atoms with Crippen molar-refractivity contribution in [1.29, 1.82) is 0 Å². The summed E-state index contributed by atoms with van der Waals surface area (Å²) in [5.41, 5.74) is 0. The average molecular weight is 167 g/mol. The Kier molecular flexibility index (Phi) is 2.31. The number of piperidine rings is 1. The van der Waals surface area contributed by atoms with Crippen molar-refractivity contribution in [2.24, 2.45) is 5.92 Å². The predicted octanol–water partition coefficient (Wildman–Crippen LogP) is -0.327. The Bertz CT molecular complexity index is 214. The lowest BCUT2D eigenvalue weighted by Gasteiger charge is -2.21. The largest absolute Gasteiger partial charge is 0.316 e. The lowest BCUT2D eigenvalue weighted by molar-refractivity contribution is 0.307. The van der Waals surface area contributed by atoms with Crippen LogP contribution in [0.1, 0.15) is 12.8 Å². The van der Waals surface area contributed by atoms with E-state index >= 15 is 0 Å². The molecule has 1 N–H and O–H groups in total. The number of nitrogens with zero attached hydrogens (tertiary/aromatic N) is 4. The molecule has 1 aliphatic rings. The molecule has 5 nitrogen and oxygen atoms in total. The molecule has 0 aromatic carbocycles. The highest BCUT2D eigenvalue weighted by Gasteiger charge is 2.13. The maximum atomic E-state index is 3.98. The highest BCUT2D eigenvalue weighted by Crippen LogP contribution is 2.10. The summed E-state index contributed by atoms with van der Waals surface area (Å²) < 4.78 is 0. The van der Waals surface area contributed by atoms with Gasteiger partial charge in [0.05, 0.1) is 6.54 Å². The van der Waals surface area contributed by atoms with E-state index in [1.165, 1.54) is 19.2 Å². The van der Waals surface area contributed by atoms with Gasteiger partial charge in [-0.15, -0.1) is 10.2 Å². The molecule has 1 fully saturated rings. The number of aromatic nitrogens is 4. The molecular weight excluding hydrogens is 154 g/mol. The fraction of sp³-hybridized carbons (Fsp3) is 0.857. The number of nitrogens with one attached hydrogen (secondary N) is 1. The van der Waals surface area contributed by atoms with Crippen LogP contribution < -0.4 is 5.32 Å². The van der Waals surface area contributed by atoms with Crippen LogP contribution in [0.5, 0.6) is 0 Å². The summed E-state index contributed by atoms with van der Waals surface area (Å²) in [7, 11) is 0. The van der Waals surface area contributed by atoms with Crippen LogP contribution in [0.15, 0.2) is 6.33 Å². The minimum atomic E-state index is 0.674. The Morgan fingerprint density at radius 1 is 1.58 bits per heavy atom. The van der Waals surface area contributed by atoms with Crippen molar-refractivity contribution in [2.75, 3.05) is 13.1 Å². The first-order valence-electron chi connectivity index (χ1n) is 4.36. The van der Waals surface area contributed by atoms with Gasteiger partial charge in [-0.25, -0.2) is 0 Å². The summed E-state index contributed by atoms with van der Waals surface area (Å²) in [5.74, 6) is 0.674. The second kappa shape index (κ2) is 3.62. The van der Waals surface area contributed by atoms with E-state index in [2.05, 4.69) is 20.7 Å². The summed E-state index contributed by atoms with van der Waals surface area (Å²) in [6, 6.07) is 0. The zero-order valence-corrected chi connectivity index (χ0v) is 6.98. The summed E-state index contributed by atoms with van der Waals surface area (Å²) >= 11 is 0. The zero-order chi connectivity index (χ0) is 8.23. The van der Waals surface area contributed by atoms with Crippen molar-refractivity contribution in [1.82, 2.24) is 25.5 Å². The predicted molar refractivity (Wildman–Crippen MR) is 43.4 cm³/mol. The van der Waals surface area contributed by atoms with Crippen LogP contribution in [0.3, 0.4) is 0 Å². The number of hydrogen-bond donors (Lipinski definition) is 1. The van der Waals surface area contributed by atoms with Gasteiger partial charge >= 0.3 is 0 Å². The summed E-state index contributed by atoms with van der Waals surface area (Å²) in [6.45, 7) is 3.13. The van der Waals surface area contributed by atoms with Crippen LogP contribution in [0.25, 0.3) is 0 Å². The first-order valence-corrected chi connectivity index (χ1v) is 4.36. The Balaban J connectivity index is 1.86. The molecule has 1 aromatic rings. The van der Waals surface area contributed by atoms with Crippen molar-refractivity contribution in [3.05, 3.63) is 6.33 Å². The van der Waals surface area contributed by atoms with E-state index in [1.54, 1.807) is 4.80 Å². The second-order valence-corrected chi connectivity index (χ2v) is 3.20. The van der Waals surface area contributed by atoms with E-state index in [0.29, 0.717) is 5.92 Å². The molecule has 2 heterocycles. The third-order valence-corrected chi connectivity index (χ3v) is 2.21. The maximum absolute atomic E-state index is 3.98. The molecule has 0 radical (unpaired) electrons. The fourth-order valence-corrected chi connectivity index (χ4v) is 1.58. The van der Waals surface area contributed by atoms with Gasteiger partial charge in [0, 0.05) is 0 Å². The maximum Gasteiger partial charge on any atom is 0.162 e. The Morgan fingerprint density at radius 2 is 2.58 bits per heavy atom. The average Bonchev–Trinajstić information content (AvgIpc) is 2.59. The second-order valence-electron chi connectivity index (χ2n) is 3.20. The molecule has 0 bridgehead atoms. The van der Waals surface area contributed by atoms with Crippen molar-refractivity contribution in [3.63, 3.8) is 0 Å². The van der Waals surface area contributed by atoms with Crippen LogP contribution in [-0.2, 0) is 6.54 Å². The van der Waals surface area contributed by atoms with Gasteiger partial charge < -0.3 is 5.32 Å². The quantitative estimate of drug-likeness (QED) is 0.655. The first-order chi connectivity index (χ1) is 5.95. The van der Waals surface area contributed by atoms with E-state index in [9.17, 15) is 0 Å². The lowest BCUT2D eigenvalue weighted by atomic mass is 10.0. The Hall–Kier alpha value is -0.970. The minimum absolute atomic E-state index is 0.674. The third kappa shape index (κ3) is 1.79. The van der Waals surface area contributed by atoms with Gasteiger partial charge in [-0.05, 0) is 37.1 Å². The standard InChI is InChI=1S/C7H13N5/c1-2-7(4-8-3-1)5-12-10-6-9-11-12/h6-8H,1-5H2/t7-/m0/s1. The van der Waals surface area contributed by atoms with Gasteiger partial charge in [0.2, 0.25) is 0 Å². The number of rotatable bonds is 2. The van der Waals surface area contributed by atoms with Gasteiger partial charge in [0.1, 0.15) is 0 Å². The van der Waals surface area contributed by atoms with Gasteiger partial charge in [0.15, 0.2) is 6.33 Å². The molecule has 0 spiro atoms. The van der Waals surface area contributed by atoms with E-state index in [1.807, 2.05) is 0 Å². The molecule has 0 saturated carbocycles. The topological polar surface area (TPSA) is 55.6 Å². The van der Waals surface area contributed by atoms with Crippen LogP contribution in [0.4, 0.5) is 0 Å². The number of hydrogen-bond acceptors (Lipinski definition) is 4. The minimum Gasteiger partial charge on any atom is -0.316 e. The molecule has 0 amide bonds. The molecule has 5 heteroatoms. The molecule has 1 aromatic heterocycles. The zero-order valence-electron chi connectivity index (χ0n) is 6.98. The molecule has 1 saturated heterocycles. The highest BCUT2D eigenvalue weighted by atomic mass is 15.6. The summed E-state index contributed by atoms with van der Waals surface area (Å²) in [5, 5.41) is 14.8. The molecule has 12 heavy (non-hydrogen) atoms. The van der Waals surface area contributed by atoms with Crippen molar-refractivity contribution in [2.45, 2.75) is 19.4 Å².